The Labute approximate surface area is 66.9 Å². The maximum atomic E-state index is 8.84. The van der Waals surface area contributed by atoms with Crippen LogP contribution in [0.4, 0.5) is 0 Å². The van der Waals surface area contributed by atoms with Crippen LogP contribution in [0.25, 0.3) is 0 Å². The minimum Gasteiger partial charge on any atom is -0.392 e. The van der Waals surface area contributed by atoms with E-state index < -0.39 is 0 Å². The number of nitrogens with zero attached hydrogens (tertiary/aromatic N) is 2. The molecule has 1 N–H and O–H groups in total. The smallest absolute Gasteiger partial charge is 0.244 e. The molecular formula is C8H15N2O+. The van der Waals surface area contributed by atoms with Gasteiger partial charge in [-0.3, -0.25) is 0 Å². The molecule has 0 saturated carbocycles. The molecule has 62 valence electrons. The summed E-state index contributed by atoms with van der Waals surface area (Å²) in [6.07, 6.45) is 5.98. The van der Waals surface area contributed by atoms with Gasteiger partial charge in [0.2, 0.25) is 6.33 Å². The molecule has 0 radical (unpaired) electrons. The van der Waals surface area contributed by atoms with Crippen molar-refractivity contribution in [2.75, 3.05) is 6.61 Å². The third-order valence-electron chi connectivity index (χ3n) is 1.85. The Morgan fingerprint density at radius 1 is 1.64 bits per heavy atom. The number of hydrogen-bond donors (Lipinski definition) is 1. The highest BCUT2D eigenvalue weighted by Crippen LogP contribution is 2.00. The summed E-state index contributed by atoms with van der Waals surface area (Å²) in [6.45, 7) is 5.25. The summed E-state index contributed by atoms with van der Waals surface area (Å²) >= 11 is 0. The van der Waals surface area contributed by atoms with Gasteiger partial charge < -0.3 is 5.11 Å². The van der Waals surface area contributed by atoms with Crippen molar-refractivity contribution >= 4 is 0 Å². The Kier molecular flexibility index (Phi) is 2.65. The van der Waals surface area contributed by atoms with Crippen LogP contribution in [-0.2, 0) is 6.54 Å². The SMILES string of the molecule is CC[n+]1ccn([C@@H](C)CO)c1. The molecule has 0 aliphatic carbocycles. The molecule has 1 heterocycles. The zero-order valence-corrected chi connectivity index (χ0v) is 7.07. The van der Waals surface area contributed by atoms with Crippen molar-refractivity contribution in [3.63, 3.8) is 0 Å². The highest BCUT2D eigenvalue weighted by Gasteiger charge is 2.08. The largest absolute Gasteiger partial charge is 0.392 e. The fourth-order valence-corrected chi connectivity index (χ4v) is 0.953. The first-order chi connectivity index (χ1) is 5.27. The van der Waals surface area contributed by atoms with Gasteiger partial charge in [0.1, 0.15) is 18.4 Å². The lowest BCUT2D eigenvalue weighted by atomic mass is 10.4. The van der Waals surface area contributed by atoms with Gasteiger partial charge in [0.25, 0.3) is 0 Å². The van der Waals surface area contributed by atoms with Crippen LogP contribution in [0, 0.1) is 0 Å². The van der Waals surface area contributed by atoms with Gasteiger partial charge in [-0.05, 0) is 13.8 Å². The molecule has 1 atom stereocenters. The molecule has 1 rings (SSSR count). The average Bonchev–Trinajstić information content (AvgIpc) is 2.50. The molecule has 11 heavy (non-hydrogen) atoms. The summed E-state index contributed by atoms with van der Waals surface area (Å²) in [4.78, 5) is 0. The normalized spacial score (nSPS) is 13.4. The number of imidazole rings is 1. The van der Waals surface area contributed by atoms with Crippen molar-refractivity contribution in [1.82, 2.24) is 4.57 Å². The van der Waals surface area contributed by atoms with E-state index in [9.17, 15) is 0 Å². The molecule has 3 heteroatoms. The van der Waals surface area contributed by atoms with Crippen LogP contribution >= 0.6 is 0 Å². The molecule has 1 aromatic rings. The van der Waals surface area contributed by atoms with Gasteiger partial charge in [-0.15, -0.1) is 0 Å². The molecule has 0 aliphatic rings. The Morgan fingerprint density at radius 2 is 2.36 bits per heavy atom. The monoisotopic (exact) mass is 155 g/mol. The zero-order valence-electron chi connectivity index (χ0n) is 7.07. The molecule has 0 aromatic carbocycles. The number of aliphatic hydroxyl groups is 1. The second-order valence-electron chi connectivity index (χ2n) is 2.72. The van der Waals surface area contributed by atoms with Gasteiger partial charge in [-0.25, -0.2) is 9.13 Å². The first kappa shape index (κ1) is 8.27. The summed E-state index contributed by atoms with van der Waals surface area (Å²) in [7, 11) is 0. The lowest BCUT2D eigenvalue weighted by Crippen LogP contribution is -2.29. The minimum atomic E-state index is 0.183. The summed E-state index contributed by atoms with van der Waals surface area (Å²) in [6, 6.07) is 0.183. The van der Waals surface area contributed by atoms with Crippen LogP contribution in [0.2, 0.25) is 0 Å². The van der Waals surface area contributed by atoms with E-state index in [1.165, 1.54) is 0 Å². The Bertz CT molecular complexity index is 220. The molecule has 0 bridgehead atoms. The Morgan fingerprint density at radius 3 is 2.82 bits per heavy atom. The molecule has 1 aromatic heterocycles. The second kappa shape index (κ2) is 3.53. The quantitative estimate of drug-likeness (QED) is 0.627. The van der Waals surface area contributed by atoms with E-state index >= 15 is 0 Å². The first-order valence-corrected chi connectivity index (χ1v) is 3.95. The highest BCUT2D eigenvalue weighted by molar-refractivity contribution is 4.71. The Balaban J connectivity index is 2.71. The van der Waals surface area contributed by atoms with Crippen molar-refractivity contribution in [1.29, 1.82) is 0 Å². The number of aliphatic hydroxyl groups excluding tert-OH is 1. The first-order valence-electron chi connectivity index (χ1n) is 3.95. The number of hydrogen-bond acceptors (Lipinski definition) is 1. The Hall–Kier alpha value is -0.830. The van der Waals surface area contributed by atoms with Crippen LogP contribution in [0.5, 0.6) is 0 Å². The van der Waals surface area contributed by atoms with E-state index in [0.29, 0.717) is 0 Å². The third kappa shape index (κ3) is 1.80. The van der Waals surface area contributed by atoms with Crippen LogP contribution < -0.4 is 4.57 Å². The average molecular weight is 155 g/mol. The van der Waals surface area contributed by atoms with Crippen LogP contribution in [0.15, 0.2) is 18.7 Å². The van der Waals surface area contributed by atoms with Crippen molar-refractivity contribution in [3.8, 4) is 0 Å². The van der Waals surface area contributed by atoms with E-state index in [-0.39, 0.29) is 12.6 Å². The minimum absolute atomic E-state index is 0.183. The standard InChI is InChI=1S/C8H15N2O/c1-3-9-4-5-10(7-9)8(2)6-11/h4-5,7-8,11H,3,6H2,1-2H3/q+1/t8-/m0/s1. The van der Waals surface area contributed by atoms with E-state index in [1.807, 2.05) is 30.2 Å². The van der Waals surface area contributed by atoms with Gasteiger partial charge in [-0.2, -0.15) is 0 Å². The summed E-state index contributed by atoms with van der Waals surface area (Å²) in [5, 5.41) is 8.84. The van der Waals surface area contributed by atoms with Crippen molar-refractivity contribution < 1.29 is 9.67 Å². The highest BCUT2D eigenvalue weighted by atomic mass is 16.3. The topological polar surface area (TPSA) is 29.0 Å². The molecule has 0 spiro atoms. The van der Waals surface area contributed by atoms with Crippen LogP contribution in [0.3, 0.4) is 0 Å². The molecular weight excluding hydrogens is 140 g/mol. The molecule has 3 nitrogen and oxygen atoms in total. The number of aromatic nitrogens is 2. The molecule has 0 unspecified atom stereocenters. The predicted molar refractivity (Wildman–Crippen MR) is 42.1 cm³/mol. The number of rotatable bonds is 3. The lowest BCUT2D eigenvalue weighted by molar-refractivity contribution is -0.693. The lowest BCUT2D eigenvalue weighted by Gasteiger charge is -2.01. The summed E-state index contributed by atoms with van der Waals surface area (Å²) < 4.78 is 4.08. The van der Waals surface area contributed by atoms with Gasteiger partial charge in [0.05, 0.1) is 13.2 Å². The van der Waals surface area contributed by atoms with Crippen molar-refractivity contribution in [2.45, 2.75) is 26.4 Å². The van der Waals surface area contributed by atoms with E-state index in [1.54, 1.807) is 0 Å². The zero-order chi connectivity index (χ0) is 8.27. The van der Waals surface area contributed by atoms with Crippen LogP contribution in [-0.4, -0.2) is 16.3 Å². The van der Waals surface area contributed by atoms with Gasteiger partial charge in [-0.1, -0.05) is 0 Å². The van der Waals surface area contributed by atoms with Crippen LogP contribution in [0.1, 0.15) is 19.9 Å². The van der Waals surface area contributed by atoms with E-state index in [0.717, 1.165) is 6.54 Å². The van der Waals surface area contributed by atoms with E-state index in [4.69, 9.17) is 5.11 Å². The fraction of sp³-hybridized carbons (Fsp3) is 0.625. The summed E-state index contributed by atoms with van der Waals surface area (Å²) in [5.41, 5.74) is 0. The van der Waals surface area contributed by atoms with Gasteiger partial charge >= 0.3 is 0 Å². The summed E-state index contributed by atoms with van der Waals surface area (Å²) in [5.74, 6) is 0. The molecule has 0 fully saturated rings. The van der Waals surface area contributed by atoms with E-state index in [2.05, 4.69) is 11.5 Å². The maximum absolute atomic E-state index is 8.84. The molecule has 0 aliphatic heterocycles. The molecule has 0 amide bonds. The second-order valence-corrected chi connectivity index (χ2v) is 2.72. The van der Waals surface area contributed by atoms with Gasteiger partial charge in [0.15, 0.2) is 0 Å². The van der Waals surface area contributed by atoms with Crippen molar-refractivity contribution in [3.05, 3.63) is 18.7 Å². The van der Waals surface area contributed by atoms with Crippen molar-refractivity contribution in [2.24, 2.45) is 0 Å². The predicted octanol–water partition coefficient (Wildman–Crippen LogP) is 0.349. The third-order valence-corrected chi connectivity index (χ3v) is 1.85. The fourth-order valence-electron chi connectivity index (χ4n) is 0.953. The molecule has 0 saturated heterocycles. The van der Waals surface area contributed by atoms with Gasteiger partial charge in [0, 0.05) is 0 Å². The number of aryl methyl sites for hydroxylation is 1. The maximum Gasteiger partial charge on any atom is 0.244 e.